The van der Waals surface area contributed by atoms with Crippen LogP contribution in [0.2, 0.25) is 0 Å². The Labute approximate surface area is 145 Å². The average Bonchev–Trinajstić information content (AvgIpc) is 2.45. The Morgan fingerprint density at radius 1 is 1.05 bits per heavy atom. The van der Waals surface area contributed by atoms with Crippen molar-refractivity contribution in [2.75, 3.05) is 12.0 Å². The number of methoxy groups -OCH3 is 1. The Bertz CT molecular complexity index is 654. The summed E-state index contributed by atoms with van der Waals surface area (Å²) in [6, 6.07) is 9.62. The second-order valence-electron chi connectivity index (χ2n) is 4.22. The van der Waals surface area contributed by atoms with Crippen LogP contribution in [0.5, 0.6) is 5.75 Å². The van der Waals surface area contributed by atoms with Gasteiger partial charge in [-0.2, -0.15) is 0 Å². The van der Waals surface area contributed by atoms with Gasteiger partial charge in [-0.1, -0.05) is 0 Å². The van der Waals surface area contributed by atoms with Crippen molar-refractivity contribution in [1.29, 1.82) is 0 Å². The van der Waals surface area contributed by atoms with E-state index in [1.165, 1.54) is 13.2 Å². The van der Waals surface area contributed by atoms with Gasteiger partial charge in [-0.05, 0) is 0 Å². The van der Waals surface area contributed by atoms with Gasteiger partial charge in [0.2, 0.25) is 0 Å². The third-order valence-corrected chi connectivity index (χ3v) is 5.54. The van der Waals surface area contributed by atoms with Crippen LogP contribution in [-0.4, -0.2) is 12.0 Å². The van der Waals surface area contributed by atoms with Crippen LogP contribution in [0.25, 0.3) is 11.1 Å². The van der Waals surface area contributed by atoms with Crippen LogP contribution < -0.4 is 25.9 Å². The summed E-state index contributed by atoms with van der Waals surface area (Å²) in [7, 11) is 1.47. The van der Waals surface area contributed by atoms with Gasteiger partial charge in [0.05, 0.1) is 0 Å². The fourth-order valence-electron chi connectivity index (χ4n) is 1.99. The molecule has 114 valence electrons. The number of benzene rings is 2. The van der Waals surface area contributed by atoms with E-state index in [4.69, 9.17) is 4.74 Å². The van der Waals surface area contributed by atoms with Gasteiger partial charge in [-0.15, -0.1) is 0 Å². The van der Waals surface area contributed by atoms with Gasteiger partial charge in [-0.25, -0.2) is 0 Å². The van der Waals surface area contributed by atoms with Crippen molar-refractivity contribution in [2.24, 2.45) is 0 Å². The minimum absolute atomic E-state index is 0.172. The maximum absolute atomic E-state index is 13.2. The van der Waals surface area contributed by atoms with E-state index in [0.717, 1.165) is 13.2 Å². The number of hydrogen-bond donors (Lipinski definition) is 0. The zero-order valence-corrected chi connectivity index (χ0v) is 15.6. The number of hydrogen-bond acceptors (Lipinski definition) is 1. The van der Waals surface area contributed by atoms with Crippen molar-refractivity contribution >= 4 is 22.6 Å². The summed E-state index contributed by atoms with van der Waals surface area (Å²) < 4.78 is 46.8. The molecule has 0 aliphatic carbocycles. The first-order valence-electron chi connectivity index (χ1n) is 5.91. The van der Waals surface area contributed by atoms with E-state index in [2.05, 4.69) is 4.93 Å². The molecule has 0 radical (unpaired) electrons. The average molecular weight is 519 g/mol. The maximum atomic E-state index is 13.2. The molecular weight excluding hydrogens is 507 g/mol. The standard InChI is InChI=1S/C15H12F3I2O/c1-20-10-4-6-14(21-2)12(8-10)11-7-9(19)3-5-13(11)15(16,17)18/h3-8H,1-2H3/q-1. The van der Waals surface area contributed by atoms with Gasteiger partial charge in [-0.3, -0.25) is 0 Å². The third-order valence-electron chi connectivity index (χ3n) is 2.96. The predicted molar refractivity (Wildman–Crippen MR) is 80.8 cm³/mol. The molecular formula is C15H12F3I2O-. The van der Waals surface area contributed by atoms with Crippen LogP contribution in [0.15, 0.2) is 36.4 Å². The minimum atomic E-state index is -4.39. The van der Waals surface area contributed by atoms with E-state index < -0.39 is 11.7 Å². The van der Waals surface area contributed by atoms with Crippen molar-refractivity contribution in [2.45, 2.75) is 6.18 Å². The molecule has 21 heavy (non-hydrogen) atoms. The number of halogens is 5. The molecule has 0 spiro atoms. The summed E-state index contributed by atoms with van der Waals surface area (Å²) in [4.78, 5) is 2.07. The molecule has 0 fully saturated rings. The summed E-state index contributed by atoms with van der Waals surface area (Å²) in [6.45, 7) is 0. The van der Waals surface area contributed by atoms with Crippen LogP contribution >= 0.6 is 22.6 Å². The van der Waals surface area contributed by atoms with Crippen molar-refractivity contribution in [3.63, 3.8) is 0 Å². The Morgan fingerprint density at radius 2 is 1.76 bits per heavy atom. The van der Waals surface area contributed by atoms with Crippen molar-refractivity contribution in [3.05, 3.63) is 49.1 Å². The summed E-state index contributed by atoms with van der Waals surface area (Å²) in [5, 5.41) is 0. The first-order valence-corrected chi connectivity index (χ1v) is 10.2. The molecule has 0 atom stereocenters. The van der Waals surface area contributed by atoms with Crippen molar-refractivity contribution in [3.8, 4) is 16.9 Å². The molecule has 2 aromatic carbocycles. The Hall–Kier alpha value is -0.510. The number of alkyl halides is 4. The third kappa shape index (κ3) is 3.82. The Balaban J connectivity index is 2.73. The van der Waals surface area contributed by atoms with Crippen LogP contribution in [0, 0.1) is 7.14 Å². The van der Waals surface area contributed by atoms with E-state index in [1.807, 2.05) is 34.7 Å². The molecule has 1 nitrogen and oxygen atoms in total. The second kappa shape index (κ2) is 6.72. The molecule has 0 bridgehead atoms. The first-order chi connectivity index (χ1) is 9.86. The molecule has 2 aromatic rings. The molecule has 0 saturated carbocycles. The summed E-state index contributed by atoms with van der Waals surface area (Å²) in [5.41, 5.74) is 0.0422. The molecule has 0 aromatic heterocycles. The Morgan fingerprint density at radius 3 is 2.33 bits per heavy atom. The number of rotatable bonds is 3. The van der Waals surface area contributed by atoms with Crippen LogP contribution in [0.4, 0.5) is 13.2 Å². The van der Waals surface area contributed by atoms with Crippen LogP contribution in [-0.2, 0) is 6.18 Å². The first kappa shape index (κ1) is 16.9. The number of ether oxygens (including phenoxy) is 1. The predicted octanol–water partition coefficient (Wildman–Crippen LogP) is 1.87. The molecule has 0 amide bonds. The fourth-order valence-corrected chi connectivity index (χ4v) is 3.65. The van der Waals surface area contributed by atoms with Crippen LogP contribution in [0.3, 0.4) is 0 Å². The molecule has 6 heteroatoms. The zero-order chi connectivity index (χ0) is 15.6. The summed E-state index contributed by atoms with van der Waals surface area (Å²) in [6.07, 6.45) is -4.39. The van der Waals surface area contributed by atoms with E-state index in [9.17, 15) is 13.2 Å². The summed E-state index contributed by atoms with van der Waals surface area (Å²) >= 11 is 1.81. The van der Waals surface area contributed by atoms with E-state index >= 15 is 0 Å². The summed E-state index contributed by atoms with van der Waals surface area (Å²) in [5.74, 6) is 0.462. The quantitative estimate of drug-likeness (QED) is 0.445. The molecule has 0 saturated heterocycles. The van der Waals surface area contributed by atoms with Gasteiger partial charge >= 0.3 is 146 Å². The molecule has 0 unspecified atom stereocenters. The fraction of sp³-hybridized carbons (Fsp3) is 0.200. The van der Waals surface area contributed by atoms with E-state index in [-0.39, 0.29) is 26.8 Å². The molecule has 0 aliphatic heterocycles. The van der Waals surface area contributed by atoms with Crippen LogP contribution in [0.1, 0.15) is 5.56 Å². The van der Waals surface area contributed by atoms with E-state index in [1.54, 1.807) is 12.1 Å². The zero-order valence-electron chi connectivity index (χ0n) is 11.3. The van der Waals surface area contributed by atoms with E-state index in [0.29, 0.717) is 11.3 Å². The molecule has 0 aliphatic rings. The molecule has 0 heterocycles. The van der Waals surface area contributed by atoms with Gasteiger partial charge < -0.3 is 0 Å². The SMILES string of the molecule is COc1ccc([I-]C)cc1-c1cc(I)ccc1C(F)(F)F. The normalized spacial score (nSPS) is 11.7. The monoisotopic (exact) mass is 519 g/mol. The van der Waals surface area contributed by atoms with Gasteiger partial charge in [0.15, 0.2) is 0 Å². The topological polar surface area (TPSA) is 9.23 Å². The molecule has 2 rings (SSSR count). The van der Waals surface area contributed by atoms with Gasteiger partial charge in [0, 0.05) is 0 Å². The molecule has 0 N–H and O–H groups in total. The van der Waals surface area contributed by atoms with Crippen molar-refractivity contribution < 1.29 is 39.1 Å². The van der Waals surface area contributed by atoms with Gasteiger partial charge in [0.1, 0.15) is 0 Å². The van der Waals surface area contributed by atoms with Gasteiger partial charge in [0.25, 0.3) is 0 Å². The Kier molecular flexibility index (Phi) is 5.39. The van der Waals surface area contributed by atoms with Crippen molar-refractivity contribution in [1.82, 2.24) is 0 Å². The second-order valence-corrected chi connectivity index (χ2v) is 7.79.